The molecule has 8 nitrogen and oxygen atoms in total. The van der Waals surface area contributed by atoms with Gasteiger partial charge in [-0.2, -0.15) is 0 Å². The largest absolute Gasteiger partial charge is 0.350 e. The number of carbonyl (C=O) groups excluding carboxylic acids is 4. The summed E-state index contributed by atoms with van der Waals surface area (Å²) in [5.74, 6) is -0.567. The van der Waals surface area contributed by atoms with Gasteiger partial charge in [-0.15, -0.1) is 0 Å². The second-order valence-electron chi connectivity index (χ2n) is 10.4. The number of hydrogen-bond donors (Lipinski definition) is 4. The normalized spacial score (nSPS) is 12.2. The Kier molecular flexibility index (Phi) is 14.5. The van der Waals surface area contributed by atoms with Crippen molar-refractivity contribution in [1.29, 1.82) is 0 Å². The van der Waals surface area contributed by atoms with Crippen LogP contribution >= 0.6 is 0 Å². The average Bonchev–Trinajstić information content (AvgIpc) is 2.94. The van der Waals surface area contributed by atoms with Crippen molar-refractivity contribution >= 4 is 35.0 Å². The van der Waals surface area contributed by atoms with E-state index in [4.69, 9.17) is 0 Å². The van der Waals surface area contributed by atoms with E-state index in [1.54, 1.807) is 48.5 Å². The Labute approximate surface area is 239 Å². The minimum absolute atomic E-state index is 0.0647. The van der Waals surface area contributed by atoms with Crippen LogP contribution in [0.2, 0.25) is 0 Å². The average molecular weight is 551 g/mol. The Morgan fingerprint density at radius 3 is 1.30 bits per heavy atom. The van der Waals surface area contributed by atoms with E-state index in [9.17, 15) is 19.2 Å². The minimum atomic E-state index is -0.185. The van der Waals surface area contributed by atoms with Gasteiger partial charge in [-0.25, -0.2) is 0 Å². The monoisotopic (exact) mass is 550 g/mol. The fourth-order valence-electron chi connectivity index (χ4n) is 4.09. The molecule has 40 heavy (non-hydrogen) atoms. The van der Waals surface area contributed by atoms with Gasteiger partial charge in [-0.3, -0.25) is 19.2 Å². The lowest BCUT2D eigenvalue weighted by molar-refractivity contribution is -0.117. The molecule has 0 bridgehead atoms. The maximum Gasteiger partial charge on any atom is 0.253 e. The van der Waals surface area contributed by atoms with Crippen LogP contribution in [0.1, 0.15) is 113 Å². The number of anilines is 2. The SMILES string of the molecule is CCC(C)NC(=O)c1ccccc1NC(=O)CCCCCCCCC(=O)Nc1ccccc1C(=O)NC(C)CC. The van der Waals surface area contributed by atoms with E-state index in [0.29, 0.717) is 35.3 Å². The van der Waals surface area contributed by atoms with Crippen LogP contribution < -0.4 is 21.3 Å². The molecule has 4 amide bonds. The van der Waals surface area contributed by atoms with E-state index in [1.165, 1.54) is 0 Å². The van der Waals surface area contributed by atoms with Crippen molar-refractivity contribution in [3.05, 3.63) is 59.7 Å². The summed E-state index contributed by atoms with van der Waals surface area (Å²) in [7, 11) is 0. The van der Waals surface area contributed by atoms with E-state index in [2.05, 4.69) is 21.3 Å². The van der Waals surface area contributed by atoms with E-state index < -0.39 is 0 Å². The van der Waals surface area contributed by atoms with Gasteiger partial charge in [0.1, 0.15) is 0 Å². The zero-order chi connectivity index (χ0) is 29.3. The number of hydrogen-bond acceptors (Lipinski definition) is 4. The Hall–Kier alpha value is -3.68. The highest BCUT2D eigenvalue weighted by atomic mass is 16.2. The molecule has 0 saturated carbocycles. The van der Waals surface area contributed by atoms with Crippen molar-refractivity contribution in [2.24, 2.45) is 0 Å². The molecule has 2 atom stereocenters. The molecule has 0 aliphatic rings. The molecule has 4 N–H and O–H groups in total. The van der Waals surface area contributed by atoms with Crippen molar-refractivity contribution in [3.8, 4) is 0 Å². The number of para-hydroxylation sites is 2. The van der Waals surface area contributed by atoms with Crippen LogP contribution in [0.5, 0.6) is 0 Å². The Bertz CT molecular complexity index is 1030. The molecular formula is C32H46N4O4. The van der Waals surface area contributed by atoms with Crippen LogP contribution in [-0.2, 0) is 9.59 Å². The van der Waals surface area contributed by atoms with Crippen LogP contribution in [0.15, 0.2) is 48.5 Å². The summed E-state index contributed by atoms with van der Waals surface area (Å²) in [4.78, 5) is 49.9. The molecule has 0 fully saturated rings. The molecule has 2 unspecified atom stereocenters. The van der Waals surface area contributed by atoms with Crippen molar-refractivity contribution < 1.29 is 19.2 Å². The van der Waals surface area contributed by atoms with Crippen LogP contribution in [0, 0.1) is 0 Å². The second-order valence-corrected chi connectivity index (χ2v) is 10.4. The highest BCUT2D eigenvalue weighted by Gasteiger charge is 2.16. The van der Waals surface area contributed by atoms with Gasteiger partial charge >= 0.3 is 0 Å². The third-order valence-corrected chi connectivity index (χ3v) is 6.93. The first-order chi connectivity index (χ1) is 19.2. The van der Waals surface area contributed by atoms with Crippen LogP contribution in [0.4, 0.5) is 11.4 Å². The Morgan fingerprint density at radius 2 is 0.925 bits per heavy atom. The maximum atomic E-state index is 12.5. The molecule has 0 aliphatic heterocycles. The Morgan fingerprint density at radius 1 is 0.575 bits per heavy atom. The highest BCUT2D eigenvalue weighted by molar-refractivity contribution is 6.04. The molecule has 0 radical (unpaired) electrons. The molecule has 0 heterocycles. The molecule has 2 aromatic carbocycles. The van der Waals surface area contributed by atoms with Gasteiger partial charge in [-0.05, 0) is 63.8 Å². The summed E-state index contributed by atoms with van der Waals surface area (Å²) in [6.07, 6.45) is 7.82. The van der Waals surface area contributed by atoms with E-state index in [0.717, 1.165) is 51.4 Å². The van der Waals surface area contributed by atoms with Gasteiger partial charge in [0, 0.05) is 24.9 Å². The van der Waals surface area contributed by atoms with Crippen molar-refractivity contribution in [1.82, 2.24) is 10.6 Å². The Balaban J connectivity index is 1.64. The number of unbranched alkanes of at least 4 members (excludes halogenated alkanes) is 5. The number of benzene rings is 2. The number of amides is 4. The summed E-state index contributed by atoms with van der Waals surface area (Å²) in [5, 5.41) is 11.6. The third kappa shape index (κ3) is 11.6. The maximum absolute atomic E-state index is 12.5. The molecule has 0 aromatic heterocycles. The summed E-state index contributed by atoms with van der Waals surface area (Å²) in [5.41, 5.74) is 2.01. The summed E-state index contributed by atoms with van der Waals surface area (Å²) >= 11 is 0. The molecule has 0 saturated heterocycles. The fourth-order valence-corrected chi connectivity index (χ4v) is 4.09. The first-order valence-corrected chi connectivity index (χ1v) is 14.6. The zero-order valence-corrected chi connectivity index (χ0v) is 24.5. The van der Waals surface area contributed by atoms with Gasteiger partial charge in [0.2, 0.25) is 11.8 Å². The van der Waals surface area contributed by atoms with Crippen LogP contribution in [0.25, 0.3) is 0 Å². The van der Waals surface area contributed by atoms with Gasteiger partial charge in [0.25, 0.3) is 11.8 Å². The van der Waals surface area contributed by atoms with E-state index in [-0.39, 0.29) is 35.7 Å². The molecule has 0 spiro atoms. The van der Waals surface area contributed by atoms with Gasteiger partial charge in [0.15, 0.2) is 0 Å². The fraction of sp³-hybridized carbons (Fsp3) is 0.500. The highest BCUT2D eigenvalue weighted by Crippen LogP contribution is 2.18. The third-order valence-electron chi connectivity index (χ3n) is 6.93. The standard InChI is InChI=1S/C32H46N4O4/c1-5-23(3)33-31(39)25-17-13-15-19-27(25)35-29(37)21-11-9-7-8-10-12-22-30(38)36-28-20-16-14-18-26(28)32(40)34-24(4)6-2/h13-20,23-24H,5-12,21-22H2,1-4H3,(H,33,39)(H,34,40)(H,35,37)(H,36,38). The van der Waals surface area contributed by atoms with Crippen molar-refractivity contribution in [3.63, 3.8) is 0 Å². The molecule has 0 aliphatic carbocycles. The number of nitrogens with one attached hydrogen (secondary N) is 4. The summed E-state index contributed by atoms with van der Waals surface area (Å²) in [6, 6.07) is 14.3. The van der Waals surface area contributed by atoms with Gasteiger partial charge in [0.05, 0.1) is 22.5 Å². The lowest BCUT2D eigenvalue weighted by Crippen LogP contribution is -2.32. The summed E-state index contributed by atoms with van der Waals surface area (Å²) in [6.45, 7) is 7.92. The molecule has 218 valence electrons. The first kappa shape index (κ1) is 32.5. The smallest absolute Gasteiger partial charge is 0.253 e. The molecular weight excluding hydrogens is 504 g/mol. The predicted octanol–water partition coefficient (Wildman–Crippen LogP) is 6.44. The topological polar surface area (TPSA) is 116 Å². The van der Waals surface area contributed by atoms with Gasteiger partial charge in [-0.1, -0.05) is 63.8 Å². The second kappa shape index (κ2) is 17.8. The van der Waals surface area contributed by atoms with E-state index in [1.807, 2.05) is 27.7 Å². The van der Waals surface area contributed by atoms with Gasteiger partial charge < -0.3 is 21.3 Å². The lowest BCUT2D eigenvalue weighted by atomic mass is 10.1. The first-order valence-electron chi connectivity index (χ1n) is 14.6. The summed E-state index contributed by atoms with van der Waals surface area (Å²) < 4.78 is 0. The number of rotatable bonds is 17. The van der Waals surface area contributed by atoms with Crippen LogP contribution in [-0.4, -0.2) is 35.7 Å². The molecule has 2 rings (SSSR count). The molecule has 8 heteroatoms. The molecule has 2 aromatic rings. The predicted molar refractivity (Wildman–Crippen MR) is 162 cm³/mol. The number of carbonyl (C=O) groups is 4. The van der Waals surface area contributed by atoms with Crippen molar-refractivity contribution in [2.45, 2.75) is 104 Å². The lowest BCUT2D eigenvalue weighted by Gasteiger charge is -2.14. The quantitative estimate of drug-likeness (QED) is 0.170. The minimum Gasteiger partial charge on any atom is -0.350 e. The van der Waals surface area contributed by atoms with Crippen LogP contribution in [0.3, 0.4) is 0 Å². The van der Waals surface area contributed by atoms with E-state index >= 15 is 0 Å². The zero-order valence-electron chi connectivity index (χ0n) is 24.5. The van der Waals surface area contributed by atoms with Crippen molar-refractivity contribution in [2.75, 3.05) is 10.6 Å².